The lowest BCUT2D eigenvalue weighted by Gasteiger charge is -2.10. The number of hydrogen-bond donors (Lipinski definition) is 1. The van der Waals surface area contributed by atoms with Gasteiger partial charge < -0.3 is 0 Å². The van der Waals surface area contributed by atoms with Gasteiger partial charge in [-0.25, -0.2) is 5.48 Å². The summed E-state index contributed by atoms with van der Waals surface area (Å²) in [5.41, 5.74) is 2.07. The number of alkyl halides is 3. The third-order valence-corrected chi connectivity index (χ3v) is 5.31. The molecule has 0 unspecified atom stereocenters. The molecule has 1 rings (SSSR count). The maximum Gasteiger partial charge on any atom is 0.414 e. The van der Waals surface area contributed by atoms with E-state index in [9.17, 15) is 18.0 Å². The van der Waals surface area contributed by atoms with E-state index in [1.807, 2.05) is 73.8 Å². The lowest BCUT2D eigenvalue weighted by atomic mass is 10.2. The van der Waals surface area contributed by atoms with Crippen molar-refractivity contribution in [2.45, 2.75) is 6.18 Å². The molecule has 0 aromatic heterocycles. The summed E-state index contributed by atoms with van der Waals surface area (Å²) in [7, 11) is 0. The highest BCUT2D eigenvalue weighted by molar-refractivity contribution is 14.1. The fourth-order valence-electron chi connectivity index (χ4n) is 0.960. The molecule has 1 N–H and O–H groups in total. The van der Waals surface area contributed by atoms with Crippen molar-refractivity contribution in [1.82, 2.24) is 5.48 Å². The molecule has 0 heterocycles. The summed E-state index contributed by atoms with van der Waals surface area (Å²) in [6, 6.07) is 3.44. The van der Waals surface area contributed by atoms with Crippen molar-refractivity contribution in [3.63, 3.8) is 0 Å². The zero-order chi connectivity index (χ0) is 13.9. The molecule has 0 aliphatic carbocycles. The second kappa shape index (κ2) is 6.88. The Morgan fingerprint density at radius 2 is 1.89 bits per heavy atom. The van der Waals surface area contributed by atoms with Crippen LogP contribution in [0.15, 0.2) is 12.1 Å². The van der Waals surface area contributed by atoms with E-state index in [-0.39, 0.29) is 5.56 Å². The summed E-state index contributed by atoms with van der Waals surface area (Å²) in [6.45, 7) is -1.52. The quantitative estimate of drug-likeness (QED) is 0.328. The minimum absolute atomic E-state index is 0.286. The van der Waals surface area contributed by atoms with Crippen LogP contribution in [-0.4, -0.2) is 18.7 Å². The van der Waals surface area contributed by atoms with Gasteiger partial charge in [-0.05, 0) is 79.9 Å². The molecule has 3 nitrogen and oxygen atoms in total. The maximum atomic E-state index is 11.8. The fraction of sp³-hybridized carbons (Fsp3) is 0.222. The minimum Gasteiger partial charge on any atom is -0.267 e. The molecular weight excluding hydrogens is 592 g/mol. The van der Waals surface area contributed by atoms with E-state index >= 15 is 0 Å². The van der Waals surface area contributed by atoms with E-state index in [1.165, 1.54) is 0 Å². The molecule has 0 aliphatic heterocycles. The number of amides is 1. The number of benzene rings is 1. The second-order valence-corrected chi connectivity index (χ2v) is 6.57. The van der Waals surface area contributed by atoms with Crippen molar-refractivity contribution in [3.8, 4) is 0 Å². The number of carbonyl (C=O) groups excluding carboxylic acids is 1. The number of hydrogen-bond acceptors (Lipinski definition) is 2. The Morgan fingerprint density at radius 3 is 2.44 bits per heavy atom. The zero-order valence-corrected chi connectivity index (χ0v) is 14.9. The number of nitrogens with one attached hydrogen (secondary N) is 1. The largest absolute Gasteiger partial charge is 0.414 e. The molecule has 1 amide bonds. The molecule has 100 valence electrons. The molecule has 0 atom stereocenters. The highest BCUT2D eigenvalue weighted by Gasteiger charge is 2.28. The van der Waals surface area contributed by atoms with E-state index in [1.54, 1.807) is 11.5 Å². The molecule has 0 spiro atoms. The maximum absolute atomic E-state index is 11.8. The Morgan fingerprint density at radius 1 is 1.28 bits per heavy atom. The van der Waals surface area contributed by atoms with Crippen LogP contribution in [0.3, 0.4) is 0 Å². The Labute approximate surface area is 142 Å². The van der Waals surface area contributed by atoms with E-state index in [2.05, 4.69) is 4.84 Å². The van der Waals surface area contributed by atoms with Crippen molar-refractivity contribution in [1.29, 1.82) is 0 Å². The Hall–Kier alpha value is 0.630. The highest BCUT2D eigenvalue weighted by atomic mass is 127. The topological polar surface area (TPSA) is 38.3 Å². The van der Waals surface area contributed by atoms with Crippen LogP contribution in [0, 0.1) is 10.7 Å². The third-order valence-electron chi connectivity index (χ3n) is 1.64. The van der Waals surface area contributed by atoms with Crippen molar-refractivity contribution < 1.29 is 22.8 Å². The number of hydroxylamine groups is 1. The smallest absolute Gasteiger partial charge is 0.267 e. The predicted octanol–water partition coefficient (Wildman–Crippen LogP) is 3.72. The third kappa shape index (κ3) is 5.32. The van der Waals surface area contributed by atoms with Crippen molar-refractivity contribution in [2.75, 3.05) is 6.61 Å². The minimum atomic E-state index is -4.47. The predicted molar refractivity (Wildman–Crippen MR) is 84.1 cm³/mol. The lowest BCUT2D eigenvalue weighted by molar-refractivity contribution is -0.184. The molecule has 9 heteroatoms. The molecule has 0 radical (unpaired) electrons. The van der Waals surface area contributed by atoms with E-state index in [0.29, 0.717) is 3.57 Å². The summed E-state index contributed by atoms with van der Waals surface area (Å²) >= 11 is 6.02. The molecule has 1 aromatic rings. The first-order valence-electron chi connectivity index (χ1n) is 4.34. The summed E-state index contributed by atoms with van der Waals surface area (Å²) < 4.78 is 37.8. The van der Waals surface area contributed by atoms with Crippen LogP contribution >= 0.6 is 67.8 Å². The van der Waals surface area contributed by atoms with Crippen molar-refractivity contribution >= 4 is 73.7 Å². The van der Waals surface area contributed by atoms with Gasteiger partial charge >= 0.3 is 6.18 Å². The Kier molecular flexibility index (Phi) is 6.37. The summed E-state index contributed by atoms with van der Waals surface area (Å²) in [5.74, 6) is -0.694. The van der Waals surface area contributed by atoms with Gasteiger partial charge in [0, 0.05) is 10.7 Å². The van der Waals surface area contributed by atoms with Crippen LogP contribution in [-0.2, 0) is 4.84 Å². The summed E-state index contributed by atoms with van der Waals surface area (Å²) in [6.07, 6.45) is -4.47. The van der Waals surface area contributed by atoms with Crippen LogP contribution in [0.1, 0.15) is 10.4 Å². The first kappa shape index (κ1) is 16.7. The van der Waals surface area contributed by atoms with Gasteiger partial charge in [0.2, 0.25) is 0 Å². The first-order valence-corrected chi connectivity index (χ1v) is 7.58. The Balaban J connectivity index is 2.73. The van der Waals surface area contributed by atoms with Crippen LogP contribution in [0.4, 0.5) is 13.2 Å². The van der Waals surface area contributed by atoms with Gasteiger partial charge in [0.25, 0.3) is 5.91 Å². The normalized spacial score (nSPS) is 11.4. The number of halogens is 6. The van der Waals surface area contributed by atoms with Crippen molar-refractivity contribution in [2.24, 2.45) is 0 Å². The molecule has 0 fully saturated rings. The molecule has 0 aliphatic rings. The average Bonchev–Trinajstić information content (AvgIpc) is 2.21. The standard InChI is InChI=1S/C9H5F3I3NO2/c10-9(11,12)3-18-16-8(17)5-1-4(13)2-6(14)7(5)15/h1-2H,3H2,(H,16,17). The van der Waals surface area contributed by atoms with Crippen LogP contribution in [0.5, 0.6) is 0 Å². The van der Waals surface area contributed by atoms with Gasteiger partial charge in [0.1, 0.15) is 0 Å². The van der Waals surface area contributed by atoms with Crippen LogP contribution in [0.25, 0.3) is 0 Å². The molecule has 18 heavy (non-hydrogen) atoms. The lowest BCUT2D eigenvalue weighted by Crippen LogP contribution is -2.30. The molecule has 0 bridgehead atoms. The zero-order valence-electron chi connectivity index (χ0n) is 8.45. The van der Waals surface area contributed by atoms with E-state index in [4.69, 9.17) is 0 Å². The average molecular weight is 597 g/mol. The molecule has 0 saturated carbocycles. The van der Waals surface area contributed by atoms with Crippen LogP contribution in [0.2, 0.25) is 0 Å². The van der Waals surface area contributed by atoms with Crippen molar-refractivity contribution in [3.05, 3.63) is 28.4 Å². The summed E-state index contributed by atoms with van der Waals surface area (Å²) in [5, 5.41) is 0. The SMILES string of the molecule is O=C(NOCC(F)(F)F)c1cc(I)cc(I)c1I. The molecule has 1 aromatic carbocycles. The first-order chi connectivity index (χ1) is 8.20. The summed E-state index contributed by atoms with van der Waals surface area (Å²) in [4.78, 5) is 15.8. The monoisotopic (exact) mass is 597 g/mol. The fourth-order valence-corrected chi connectivity index (χ4v) is 3.36. The number of carbonyl (C=O) groups is 1. The molecular formula is C9H5F3I3NO2. The van der Waals surface area contributed by atoms with Gasteiger partial charge in [-0.3, -0.25) is 9.63 Å². The number of rotatable bonds is 3. The van der Waals surface area contributed by atoms with Gasteiger partial charge in [0.05, 0.1) is 5.56 Å². The van der Waals surface area contributed by atoms with Gasteiger partial charge in [0.15, 0.2) is 6.61 Å². The van der Waals surface area contributed by atoms with Gasteiger partial charge in [-0.1, -0.05) is 0 Å². The van der Waals surface area contributed by atoms with Gasteiger partial charge in [-0.2, -0.15) is 13.2 Å². The highest BCUT2D eigenvalue weighted by Crippen LogP contribution is 2.23. The second-order valence-electron chi connectivity index (χ2n) is 3.08. The molecule has 0 saturated heterocycles. The van der Waals surface area contributed by atoms with Gasteiger partial charge in [-0.15, -0.1) is 0 Å². The Bertz CT molecular complexity index is 465. The van der Waals surface area contributed by atoms with E-state index < -0.39 is 18.7 Å². The van der Waals surface area contributed by atoms with E-state index in [0.717, 1.165) is 7.14 Å². The van der Waals surface area contributed by atoms with Crippen LogP contribution < -0.4 is 5.48 Å².